The highest BCUT2D eigenvalue weighted by Crippen LogP contribution is 2.02. The van der Waals surface area contributed by atoms with Gasteiger partial charge in [0.05, 0.1) is 0 Å². The van der Waals surface area contributed by atoms with Crippen molar-refractivity contribution in [1.82, 2.24) is 0 Å². The third kappa shape index (κ3) is 3.20. The van der Waals surface area contributed by atoms with E-state index >= 15 is 0 Å². The zero-order chi connectivity index (χ0) is 8.31. The van der Waals surface area contributed by atoms with Crippen molar-refractivity contribution < 1.29 is 0 Å². The molecule has 0 aliphatic carbocycles. The second-order valence-electron chi connectivity index (χ2n) is 3.09. The van der Waals surface area contributed by atoms with E-state index in [9.17, 15) is 0 Å². The maximum atomic E-state index is 2.40. The van der Waals surface area contributed by atoms with Crippen LogP contribution in [0.25, 0.3) is 0 Å². The van der Waals surface area contributed by atoms with Crippen molar-refractivity contribution in [2.45, 2.75) is 38.2 Å². The van der Waals surface area contributed by atoms with E-state index in [-0.39, 0.29) is 0 Å². The summed E-state index contributed by atoms with van der Waals surface area (Å²) in [6.45, 7) is 9.31. The Balaban J connectivity index is 4.34. The van der Waals surface area contributed by atoms with E-state index in [0.717, 1.165) is 10.5 Å². The minimum atomic E-state index is 0.631. The van der Waals surface area contributed by atoms with Crippen molar-refractivity contribution in [1.29, 1.82) is 0 Å². The second kappa shape index (κ2) is 4.55. The minimum Gasteiger partial charge on any atom is -0.163 e. The fourth-order valence-corrected chi connectivity index (χ4v) is 5.46. The molecule has 0 radical (unpaired) electrons. The quantitative estimate of drug-likeness (QED) is 0.611. The zero-order valence-electron chi connectivity index (χ0n) is 7.97. The van der Waals surface area contributed by atoms with E-state index < -0.39 is 0 Å². The van der Waals surface area contributed by atoms with Crippen molar-refractivity contribution in [3.05, 3.63) is 0 Å². The molecule has 0 fully saturated rings. The molecule has 2 heteroatoms. The molecule has 0 aromatic heterocycles. The molecule has 0 nitrogen and oxygen atoms in total. The van der Waals surface area contributed by atoms with Crippen LogP contribution in [0, 0.1) is 0 Å². The molecule has 0 heterocycles. The molecule has 10 heavy (non-hydrogen) atoms. The van der Waals surface area contributed by atoms with Crippen molar-refractivity contribution >= 4 is 18.9 Å². The van der Waals surface area contributed by atoms with Crippen LogP contribution in [-0.2, 0) is 18.9 Å². The highest BCUT2D eigenvalue weighted by atomic mass is 32.9. The first-order valence-electron chi connectivity index (χ1n) is 3.76. The van der Waals surface area contributed by atoms with Crippen LogP contribution in [0.1, 0.15) is 27.7 Å². The van der Waals surface area contributed by atoms with Gasteiger partial charge in [-0.3, -0.25) is 0 Å². The molecule has 0 saturated heterocycles. The Morgan fingerprint density at radius 1 is 0.700 bits per heavy atom. The van der Waals surface area contributed by atoms with Gasteiger partial charge in [0.1, 0.15) is 0 Å². The van der Waals surface area contributed by atoms with E-state index in [4.69, 9.17) is 0 Å². The first-order valence-corrected chi connectivity index (χ1v) is 7.67. The van der Waals surface area contributed by atoms with E-state index in [0.29, 0.717) is 18.9 Å². The lowest BCUT2D eigenvalue weighted by Crippen LogP contribution is -2.15. The second-order valence-corrected chi connectivity index (χ2v) is 10.1. The monoisotopic (exact) mass is 180 g/mol. The van der Waals surface area contributed by atoms with E-state index in [2.05, 4.69) is 40.2 Å². The summed E-state index contributed by atoms with van der Waals surface area (Å²) >= 11 is 0. The molecule has 0 bridgehead atoms. The summed E-state index contributed by atoms with van der Waals surface area (Å²) in [6, 6.07) is 0. The van der Waals surface area contributed by atoms with Gasteiger partial charge in [-0.15, -0.1) is 0 Å². The van der Waals surface area contributed by atoms with Gasteiger partial charge in [0.2, 0.25) is 0 Å². The van der Waals surface area contributed by atoms with Crippen molar-refractivity contribution in [2.24, 2.45) is 0 Å². The van der Waals surface area contributed by atoms with Gasteiger partial charge in [-0.05, 0) is 23.0 Å². The molecule has 0 amide bonds. The van der Waals surface area contributed by atoms with Gasteiger partial charge in [-0.2, -0.15) is 18.9 Å². The lowest BCUT2D eigenvalue weighted by Gasteiger charge is -2.16. The molecule has 0 aliphatic heterocycles. The summed E-state index contributed by atoms with van der Waals surface area (Å²) in [5.74, 6) is 0. The third-order valence-electron chi connectivity index (χ3n) is 1.74. The van der Waals surface area contributed by atoms with Gasteiger partial charge < -0.3 is 0 Å². The Morgan fingerprint density at radius 3 is 1.00 bits per heavy atom. The van der Waals surface area contributed by atoms with Crippen LogP contribution >= 0.6 is 0 Å². The zero-order valence-corrected chi connectivity index (χ0v) is 9.60. The predicted molar refractivity (Wildman–Crippen MR) is 56.9 cm³/mol. The van der Waals surface area contributed by atoms with Crippen LogP contribution < -0.4 is 0 Å². The van der Waals surface area contributed by atoms with Crippen LogP contribution in [-0.4, -0.2) is 23.0 Å². The first-order chi connectivity index (χ1) is 4.46. The number of hydrogen-bond acceptors (Lipinski definition) is 0. The van der Waals surface area contributed by atoms with Gasteiger partial charge in [0.15, 0.2) is 0 Å². The van der Waals surface area contributed by atoms with Gasteiger partial charge in [0, 0.05) is 0 Å². The molecule has 0 N–H and O–H groups in total. The van der Waals surface area contributed by atoms with Crippen LogP contribution in [0.5, 0.6) is 0 Å². The molecule has 0 aromatic rings. The molecule has 2 unspecified atom stereocenters. The van der Waals surface area contributed by atoms with Crippen LogP contribution in [0.15, 0.2) is 0 Å². The molecular formula is C8H20S2. The molecule has 0 aliphatic rings. The Kier molecular flexibility index (Phi) is 4.87. The van der Waals surface area contributed by atoms with E-state index in [1.54, 1.807) is 0 Å². The standard InChI is InChI=1S/C8H20S2/c1-7(2)9(5)10(6)8(3)4/h7-8H,1-6H3. The molecule has 0 spiro atoms. The molecular weight excluding hydrogens is 160 g/mol. The van der Waals surface area contributed by atoms with Gasteiger partial charge in [0.25, 0.3) is 0 Å². The number of rotatable bonds is 2. The third-order valence-corrected chi connectivity index (χ3v) is 10.0. The normalized spacial score (nSPS) is 18.0. The van der Waals surface area contributed by atoms with E-state index in [1.807, 2.05) is 0 Å². The Labute approximate surface area is 69.9 Å². The summed E-state index contributed by atoms with van der Waals surface area (Å²) in [6.07, 6.45) is 4.79. The predicted octanol–water partition coefficient (Wildman–Crippen LogP) is 2.21. The Bertz CT molecular complexity index is 118. The fourth-order valence-electron chi connectivity index (χ4n) is 0.607. The summed E-state index contributed by atoms with van der Waals surface area (Å²) in [7, 11) is 1.26. The van der Waals surface area contributed by atoms with Gasteiger partial charge in [-0.1, -0.05) is 27.7 Å². The van der Waals surface area contributed by atoms with Crippen molar-refractivity contribution in [3.8, 4) is 0 Å². The highest BCUT2D eigenvalue weighted by molar-refractivity contribution is 8.44. The summed E-state index contributed by atoms with van der Waals surface area (Å²) in [5, 5.41) is 1.74. The largest absolute Gasteiger partial charge is 0.163 e. The Hall–Kier alpha value is 0.700. The van der Waals surface area contributed by atoms with Gasteiger partial charge in [-0.25, -0.2) is 0 Å². The molecule has 0 aromatic carbocycles. The maximum Gasteiger partial charge on any atom is -0.00125 e. The lowest BCUT2D eigenvalue weighted by atomic mass is 10.6. The summed E-state index contributed by atoms with van der Waals surface area (Å²) in [4.78, 5) is 0. The molecule has 64 valence electrons. The molecule has 0 rings (SSSR count). The maximum absolute atomic E-state index is 2.40. The Morgan fingerprint density at radius 2 is 0.900 bits per heavy atom. The number of hydrogen-bond donors (Lipinski definition) is 0. The lowest BCUT2D eigenvalue weighted by molar-refractivity contribution is 1.10. The average Bonchev–Trinajstić information content (AvgIpc) is 1.84. The average molecular weight is 180 g/mol. The van der Waals surface area contributed by atoms with Crippen molar-refractivity contribution in [3.63, 3.8) is 0 Å². The minimum absolute atomic E-state index is 0.631. The summed E-state index contributed by atoms with van der Waals surface area (Å²) < 4.78 is 0. The van der Waals surface area contributed by atoms with Crippen LogP contribution in [0.2, 0.25) is 0 Å². The first kappa shape index (κ1) is 10.7. The fraction of sp³-hybridized carbons (Fsp3) is 1.00. The van der Waals surface area contributed by atoms with Gasteiger partial charge >= 0.3 is 0 Å². The van der Waals surface area contributed by atoms with Crippen molar-refractivity contribution in [2.75, 3.05) is 12.5 Å². The van der Waals surface area contributed by atoms with E-state index in [1.165, 1.54) is 0 Å². The summed E-state index contributed by atoms with van der Waals surface area (Å²) in [5.41, 5.74) is 0. The van der Waals surface area contributed by atoms with Crippen LogP contribution in [0.4, 0.5) is 0 Å². The SMILES string of the molecule is CC(C)/S(C)=S(\C)C(C)C. The highest BCUT2D eigenvalue weighted by Gasteiger charge is 2.01. The van der Waals surface area contributed by atoms with Crippen LogP contribution in [0.3, 0.4) is 0 Å². The molecule has 0 saturated carbocycles. The molecule has 2 atom stereocenters. The topological polar surface area (TPSA) is 0 Å². The smallest absolute Gasteiger partial charge is 0.00125 e.